The summed E-state index contributed by atoms with van der Waals surface area (Å²) < 4.78 is 26.1. The molecule has 0 aliphatic heterocycles. The van der Waals surface area contributed by atoms with Crippen LogP contribution in [0.25, 0.3) is 0 Å². The first kappa shape index (κ1) is 16.2. The third kappa shape index (κ3) is 5.00. The summed E-state index contributed by atoms with van der Waals surface area (Å²) in [6, 6.07) is 10.5. The molecule has 0 spiro atoms. The van der Waals surface area contributed by atoms with Gasteiger partial charge >= 0.3 is 0 Å². The van der Waals surface area contributed by atoms with Gasteiger partial charge in [-0.2, -0.15) is 0 Å². The minimum Gasteiger partial charge on any atom is -0.374 e. The molecule has 1 amide bonds. The van der Waals surface area contributed by atoms with Crippen LogP contribution in [0.5, 0.6) is 0 Å². The van der Waals surface area contributed by atoms with E-state index in [0.29, 0.717) is 18.0 Å². The Morgan fingerprint density at radius 2 is 1.95 bits per heavy atom. The molecule has 0 radical (unpaired) electrons. The number of hydrogen-bond donors (Lipinski definition) is 2. The van der Waals surface area contributed by atoms with Crippen molar-refractivity contribution in [1.82, 2.24) is 5.32 Å². The lowest BCUT2D eigenvalue weighted by Gasteiger charge is -2.09. The van der Waals surface area contributed by atoms with E-state index in [4.69, 9.17) is 11.6 Å². The second-order valence-electron chi connectivity index (χ2n) is 4.71. The topological polar surface area (TPSA) is 41.1 Å². The summed E-state index contributed by atoms with van der Waals surface area (Å²) in [5.41, 5.74) is 1.11. The highest BCUT2D eigenvalue weighted by atomic mass is 35.5. The van der Waals surface area contributed by atoms with E-state index >= 15 is 0 Å². The van der Waals surface area contributed by atoms with E-state index in [1.54, 1.807) is 6.07 Å². The van der Waals surface area contributed by atoms with Crippen molar-refractivity contribution in [2.75, 3.05) is 18.4 Å². The first-order valence-corrected chi connectivity index (χ1v) is 7.12. The predicted octanol–water partition coefficient (Wildman–Crippen LogP) is 3.39. The van der Waals surface area contributed by atoms with Gasteiger partial charge in [0.2, 0.25) is 5.91 Å². The van der Waals surface area contributed by atoms with E-state index in [1.807, 2.05) is 18.2 Å². The minimum atomic E-state index is -0.730. The van der Waals surface area contributed by atoms with Gasteiger partial charge in [-0.3, -0.25) is 4.79 Å². The zero-order valence-corrected chi connectivity index (χ0v) is 12.5. The van der Waals surface area contributed by atoms with Gasteiger partial charge in [0.05, 0.1) is 12.2 Å². The Hall–Kier alpha value is -2.14. The molecule has 0 aliphatic rings. The summed E-state index contributed by atoms with van der Waals surface area (Å²) in [6.45, 7) is 0.366. The molecule has 0 fully saturated rings. The first-order chi connectivity index (χ1) is 10.5. The molecule has 0 aliphatic carbocycles. The van der Waals surface area contributed by atoms with E-state index in [0.717, 1.165) is 17.7 Å². The smallest absolute Gasteiger partial charge is 0.239 e. The van der Waals surface area contributed by atoms with Gasteiger partial charge in [-0.05, 0) is 36.2 Å². The number of benzene rings is 2. The normalized spacial score (nSPS) is 10.3. The predicted molar refractivity (Wildman–Crippen MR) is 83.0 cm³/mol. The average molecular weight is 325 g/mol. The van der Waals surface area contributed by atoms with E-state index in [1.165, 1.54) is 6.07 Å². The van der Waals surface area contributed by atoms with Gasteiger partial charge in [0.15, 0.2) is 0 Å². The quantitative estimate of drug-likeness (QED) is 0.855. The molecule has 2 aromatic carbocycles. The average Bonchev–Trinajstić information content (AvgIpc) is 2.46. The van der Waals surface area contributed by atoms with Crippen molar-refractivity contribution in [3.05, 3.63) is 64.7 Å². The van der Waals surface area contributed by atoms with Gasteiger partial charge in [0.1, 0.15) is 11.6 Å². The number of carbonyl (C=O) groups is 1. The van der Waals surface area contributed by atoms with Gasteiger partial charge in [-0.25, -0.2) is 8.78 Å². The molecule has 2 N–H and O–H groups in total. The molecule has 0 atom stereocenters. The zero-order valence-electron chi connectivity index (χ0n) is 11.7. The third-order valence-corrected chi connectivity index (χ3v) is 3.23. The van der Waals surface area contributed by atoms with Gasteiger partial charge in [-0.1, -0.05) is 23.7 Å². The van der Waals surface area contributed by atoms with Crippen molar-refractivity contribution in [3.8, 4) is 0 Å². The summed E-state index contributed by atoms with van der Waals surface area (Å²) in [4.78, 5) is 11.7. The lowest BCUT2D eigenvalue weighted by atomic mass is 10.1. The summed E-state index contributed by atoms with van der Waals surface area (Å²) in [7, 11) is 0. The summed E-state index contributed by atoms with van der Waals surface area (Å²) >= 11 is 5.87. The van der Waals surface area contributed by atoms with Crippen LogP contribution in [0.1, 0.15) is 5.56 Å². The molecule has 2 aromatic rings. The molecule has 0 bridgehead atoms. The number of anilines is 1. The standard InChI is InChI=1S/C16H15ClF2N2O/c17-12-3-1-2-11(8-12)6-7-20-16(22)10-21-15-5-4-13(18)9-14(15)19/h1-5,8-9,21H,6-7,10H2,(H,20,22). The number of amides is 1. The molecule has 0 heterocycles. The number of rotatable bonds is 6. The van der Waals surface area contributed by atoms with Crippen LogP contribution in [0.15, 0.2) is 42.5 Å². The second kappa shape index (κ2) is 7.75. The van der Waals surface area contributed by atoms with E-state index < -0.39 is 11.6 Å². The van der Waals surface area contributed by atoms with Gasteiger partial charge in [-0.15, -0.1) is 0 Å². The van der Waals surface area contributed by atoms with Crippen LogP contribution in [-0.4, -0.2) is 19.0 Å². The Bertz CT molecular complexity index is 664. The number of nitrogens with one attached hydrogen (secondary N) is 2. The highest BCUT2D eigenvalue weighted by Crippen LogP contribution is 2.14. The lowest BCUT2D eigenvalue weighted by molar-refractivity contribution is -0.119. The molecule has 0 saturated heterocycles. The largest absolute Gasteiger partial charge is 0.374 e. The number of hydrogen-bond acceptors (Lipinski definition) is 2. The molecule has 2 rings (SSSR count). The minimum absolute atomic E-state index is 0.0852. The third-order valence-electron chi connectivity index (χ3n) is 3.00. The van der Waals surface area contributed by atoms with Crippen molar-refractivity contribution in [2.45, 2.75) is 6.42 Å². The fraction of sp³-hybridized carbons (Fsp3) is 0.188. The van der Waals surface area contributed by atoms with Crippen LogP contribution >= 0.6 is 11.6 Å². The molecule has 0 saturated carbocycles. The maximum absolute atomic E-state index is 13.4. The molecule has 6 heteroatoms. The van der Waals surface area contributed by atoms with Crippen LogP contribution in [0.3, 0.4) is 0 Å². The highest BCUT2D eigenvalue weighted by molar-refractivity contribution is 6.30. The van der Waals surface area contributed by atoms with Gasteiger partial charge in [0, 0.05) is 17.6 Å². The van der Waals surface area contributed by atoms with Crippen LogP contribution < -0.4 is 10.6 Å². The summed E-state index contributed by atoms with van der Waals surface area (Å²) in [5.74, 6) is -1.66. The molecule has 3 nitrogen and oxygen atoms in total. The first-order valence-electron chi connectivity index (χ1n) is 6.74. The monoisotopic (exact) mass is 324 g/mol. The van der Waals surface area contributed by atoms with Crippen LogP contribution in [0.4, 0.5) is 14.5 Å². The molecule has 0 aromatic heterocycles. The maximum Gasteiger partial charge on any atom is 0.239 e. The van der Waals surface area contributed by atoms with Crippen LogP contribution in [0, 0.1) is 11.6 Å². The molecule has 22 heavy (non-hydrogen) atoms. The SMILES string of the molecule is O=C(CNc1ccc(F)cc1F)NCCc1cccc(Cl)c1. The highest BCUT2D eigenvalue weighted by Gasteiger charge is 2.06. The van der Waals surface area contributed by atoms with Crippen LogP contribution in [-0.2, 0) is 11.2 Å². The Kier molecular flexibility index (Phi) is 5.72. The molecular weight excluding hydrogens is 310 g/mol. The maximum atomic E-state index is 13.4. The Morgan fingerprint density at radius 3 is 2.68 bits per heavy atom. The van der Waals surface area contributed by atoms with Crippen molar-refractivity contribution in [3.63, 3.8) is 0 Å². The van der Waals surface area contributed by atoms with Crippen molar-refractivity contribution in [1.29, 1.82) is 0 Å². The fourth-order valence-electron chi connectivity index (χ4n) is 1.91. The second-order valence-corrected chi connectivity index (χ2v) is 5.14. The van der Waals surface area contributed by atoms with E-state index in [2.05, 4.69) is 10.6 Å². The number of halogens is 3. The van der Waals surface area contributed by atoms with Crippen molar-refractivity contribution >= 4 is 23.2 Å². The Balaban J connectivity index is 1.74. The zero-order chi connectivity index (χ0) is 15.9. The van der Waals surface area contributed by atoms with Crippen molar-refractivity contribution in [2.24, 2.45) is 0 Å². The van der Waals surface area contributed by atoms with E-state index in [-0.39, 0.29) is 18.1 Å². The van der Waals surface area contributed by atoms with Gasteiger partial charge in [0.25, 0.3) is 0 Å². The Labute approximate surface area is 132 Å². The number of carbonyl (C=O) groups excluding carboxylic acids is 1. The lowest BCUT2D eigenvalue weighted by Crippen LogP contribution is -2.31. The Morgan fingerprint density at radius 1 is 1.14 bits per heavy atom. The summed E-state index contributed by atoms with van der Waals surface area (Å²) in [5, 5.41) is 5.98. The molecular formula is C16H15ClF2N2O. The molecule has 116 valence electrons. The van der Waals surface area contributed by atoms with Gasteiger partial charge < -0.3 is 10.6 Å². The molecule has 0 unspecified atom stereocenters. The fourth-order valence-corrected chi connectivity index (χ4v) is 2.12. The van der Waals surface area contributed by atoms with E-state index in [9.17, 15) is 13.6 Å². The van der Waals surface area contributed by atoms with Crippen LogP contribution in [0.2, 0.25) is 5.02 Å². The summed E-state index contributed by atoms with van der Waals surface area (Å²) in [6.07, 6.45) is 0.650. The van der Waals surface area contributed by atoms with Crippen molar-refractivity contribution < 1.29 is 13.6 Å².